The summed E-state index contributed by atoms with van der Waals surface area (Å²) in [5, 5.41) is 5.82. The molecular weight excluding hydrogens is 214 g/mol. The number of aryl methyl sites for hydroxylation is 1. The Labute approximate surface area is 100 Å². The van der Waals surface area contributed by atoms with Crippen molar-refractivity contribution in [2.24, 2.45) is 0 Å². The quantitative estimate of drug-likeness (QED) is 0.791. The van der Waals surface area contributed by atoms with E-state index in [0.717, 1.165) is 6.54 Å². The number of hydrogen-bond donors (Lipinski definition) is 1. The van der Waals surface area contributed by atoms with Crippen LogP contribution in [0.1, 0.15) is 27.6 Å². The molecule has 1 aromatic carbocycles. The molecule has 16 heavy (non-hydrogen) atoms. The monoisotopic (exact) mass is 229 g/mol. The summed E-state index contributed by atoms with van der Waals surface area (Å²) in [6.07, 6.45) is 1.18. The van der Waals surface area contributed by atoms with Gasteiger partial charge in [0.1, 0.15) is 0 Å². The molecule has 82 valence electrons. The summed E-state index contributed by atoms with van der Waals surface area (Å²) in [5.74, 6) is 0. The van der Waals surface area contributed by atoms with Crippen LogP contribution in [0.2, 0.25) is 0 Å². The Hall–Kier alpha value is -1.12. The van der Waals surface area contributed by atoms with Crippen molar-refractivity contribution in [1.82, 2.24) is 5.32 Å². The van der Waals surface area contributed by atoms with Gasteiger partial charge in [0.15, 0.2) is 0 Å². The van der Waals surface area contributed by atoms with Gasteiger partial charge in [-0.1, -0.05) is 29.8 Å². The first kappa shape index (κ1) is 10.1. The highest BCUT2D eigenvalue weighted by Gasteiger charge is 2.21. The lowest BCUT2D eigenvalue weighted by Crippen LogP contribution is -2.29. The molecule has 2 aromatic rings. The van der Waals surface area contributed by atoms with Crippen LogP contribution < -0.4 is 5.32 Å². The molecule has 1 aromatic heterocycles. The van der Waals surface area contributed by atoms with Crippen molar-refractivity contribution in [1.29, 1.82) is 0 Å². The van der Waals surface area contributed by atoms with Gasteiger partial charge in [-0.2, -0.15) is 0 Å². The predicted octanol–water partition coefficient (Wildman–Crippen LogP) is 3.29. The molecule has 0 unspecified atom stereocenters. The van der Waals surface area contributed by atoms with Gasteiger partial charge in [-0.15, -0.1) is 11.3 Å². The van der Waals surface area contributed by atoms with Crippen LogP contribution in [0.25, 0.3) is 0 Å². The smallest absolute Gasteiger partial charge is 0.0587 e. The largest absolute Gasteiger partial charge is 0.306 e. The second-order valence-corrected chi connectivity index (χ2v) is 5.35. The topological polar surface area (TPSA) is 12.0 Å². The van der Waals surface area contributed by atoms with Crippen LogP contribution in [-0.2, 0) is 6.42 Å². The molecule has 1 aliphatic heterocycles. The van der Waals surface area contributed by atoms with E-state index >= 15 is 0 Å². The van der Waals surface area contributed by atoms with E-state index in [0.29, 0.717) is 6.04 Å². The Morgan fingerprint density at radius 1 is 1.31 bits per heavy atom. The zero-order valence-electron chi connectivity index (χ0n) is 9.36. The zero-order chi connectivity index (χ0) is 11.0. The average Bonchev–Trinajstić information content (AvgIpc) is 2.76. The number of thiophene rings is 1. The van der Waals surface area contributed by atoms with E-state index < -0.39 is 0 Å². The summed E-state index contributed by atoms with van der Waals surface area (Å²) >= 11 is 1.89. The highest BCUT2D eigenvalue weighted by atomic mass is 32.1. The fraction of sp³-hybridized carbons (Fsp3) is 0.286. The van der Waals surface area contributed by atoms with Crippen molar-refractivity contribution in [2.45, 2.75) is 19.4 Å². The maximum atomic E-state index is 3.61. The van der Waals surface area contributed by atoms with E-state index in [1.54, 1.807) is 4.88 Å². The molecule has 0 saturated heterocycles. The summed E-state index contributed by atoms with van der Waals surface area (Å²) in [6.45, 7) is 3.24. The third-order valence-electron chi connectivity index (χ3n) is 3.17. The Kier molecular flexibility index (Phi) is 2.54. The van der Waals surface area contributed by atoms with E-state index in [1.807, 2.05) is 11.3 Å². The number of rotatable bonds is 1. The Bertz CT molecular complexity index is 501. The van der Waals surface area contributed by atoms with Crippen LogP contribution in [0.4, 0.5) is 0 Å². The lowest BCUT2D eigenvalue weighted by Gasteiger charge is -2.24. The number of fused-ring (bicyclic) bond motifs is 1. The Balaban J connectivity index is 2.04. The molecule has 1 atom stereocenters. The van der Waals surface area contributed by atoms with Gasteiger partial charge in [-0.05, 0) is 35.9 Å². The lowest BCUT2D eigenvalue weighted by atomic mass is 9.94. The normalized spacial score (nSPS) is 19.4. The standard InChI is InChI=1S/C14H15NS/c1-10-3-2-4-11(9-10)14-12-6-8-16-13(12)5-7-15-14/h2-4,6,8-9,14-15H,5,7H2,1H3/t14-/m1/s1. The van der Waals surface area contributed by atoms with Gasteiger partial charge in [0.05, 0.1) is 6.04 Å². The van der Waals surface area contributed by atoms with Gasteiger partial charge in [0, 0.05) is 11.4 Å². The molecule has 0 bridgehead atoms. The molecule has 2 heteroatoms. The minimum absolute atomic E-state index is 0.398. The van der Waals surface area contributed by atoms with Crippen LogP contribution in [-0.4, -0.2) is 6.54 Å². The van der Waals surface area contributed by atoms with E-state index in [1.165, 1.54) is 23.1 Å². The van der Waals surface area contributed by atoms with Crippen LogP contribution >= 0.6 is 11.3 Å². The molecule has 3 rings (SSSR count). The average molecular weight is 229 g/mol. The SMILES string of the molecule is Cc1cccc([C@H]2NCCc3sccc32)c1. The number of hydrogen-bond acceptors (Lipinski definition) is 2. The van der Waals surface area contributed by atoms with Crippen molar-refractivity contribution in [3.05, 3.63) is 57.3 Å². The molecule has 0 amide bonds. The maximum absolute atomic E-state index is 3.61. The highest BCUT2D eigenvalue weighted by molar-refractivity contribution is 7.10. The fourth-order valence-electron chi connectivity index (χ4n) is 2.40. The van der Waals surface area contributed by atoms with Crippen LogP contribution in [0.5, 0.6) is 0 Å². The zero-order valence-corrected chi connectivity index (χ0v) is 10.2. The Morgan fingerprint density at radius 3 is 3.12 bits per heavy atom. The molecule has 0 spiro atoms. The molecule has 1 nitrogen and oxygen atoms in total. The van der Waals surface area contributed by atoms with Crippen molar-refractivity contribution in [2.75, 3.05) is 6.54 Å². The van der Waals surface area contributed by atoms with Crippen LogP contribution in [0.15, 0.2) is 35.7 Å². The van der Waals surface area contributed by atoms with Crippen molar-refractivity contribution in [3.63, 3.8) is 0 Å². The second-order valence-electron chi connectivity index (χ2n) is 4.35. The summed E-state index contributed by atoms with van der Waals surface area (Å²) in [7, 11) is 0. The summed E-state index contributed by atoms with van der Waals surface area (Å²) in [5.41, 5.74) is 4.20. The van der Waals surface area contributed by atoms with E-state index in [4.69, 9.17) is 0 Å². The van der Waals surface area contributed by atoms with Crippen LogP contribution in [0, 0.1) is 6.92 Å². The summed E-state index contributed by atoms with van der Waals surface area (Å²) in [6, 6.07) is 11.5. The van der Waals surface area contributed by atoms with Gasteiger partial charge < -0.3 is 5.32 Å². The minimum Gasteiger partial charge on any atom is -0.306 e. The van der Waals surface area contributed by atoms with Gasteiger partial charge >= 0.3 is 0 Å². The second kappa shape index (κ2) is 4.04. The van der Waals surface area contributed by atoms with Gasteiger partial charge in [-0.3, -0.25) is 0 Å². The van der Waals surface area contributed by atoms with E-state index in [9.17, 15) is 0 Å². The lowest BCUT2D eigenvalue weighted by molar-refractivity contribution is 0.574. The molecule has 0 saturated carbocycles. The predicted molar refractivity (Wildman–Crippen MR) is 69.0 cm³/mol. The molecule has 0 aliphatic carbocycles. The van der Waals surface area contributed by atoms with Crippen molar-refractivity contribution >= 4 is 11.3 Å². The maximum Gasteiger partial charge on any atom is 0.0587 e. The molecule has 1 aliphatic rings. The number of nitrogens with one attached hydrogen (secondary N) is 1. The first-order valence-corrected chi connectivity index (χ1v) is 6.59. The molecular formula is C14H15NS. The summed E-state index contributed by atoms with van der Waals surface area (Å²) in [4.78, 5) is 1.55. The van der Waals surface area contributed by atoms with Crippen molar-refractivity contribution in [3.8, 4) is 0 Å². The molecule has 2 heterocycles. The van der Waals surface area contributed by atoms with Crippen LogP contribution in [0.3, 0.4) is 0 Å². The van der Waals surface area contributed by atoms with Gasteiger partial charge in [-0.25, -0.2) is 0 Å². The van der Waals surface area contributed by atoms with E-state index in [-0.39, 0.29) is 0 Å². The third kappa shape index (κ3) is 1.68. The third-order valence-corrected chi connectivity index (χ3v) is 4.16. The molecule has 1 N–H and O–H groups in total. The van der Waals surface area contributed by atoms with Gasteiger partial charge in [0.2, 0.25) is 0 Å². The first-order chi connectivity index (χ1) is 7.84. The van der Waals surface area contributed by atoms with Gasteiger partial charge in [0.25, 0.3) is 0 Å². The minimum atomic E-state index is 0.398. The first-order valence-electron chi connectivity index (χ1n) is 5.71. The summed E-state index contributed by atoms with van der Waals surface area (Å²) < 4.78 is 0. The number of benzene rings is 1. The fourth-order valence-corrected chi connectivity index (χ4v) is 3.32. The molecule has 0 radical (unpaired) electrons. The Morgan fingerprint density at radius 2 is 2.25 bits per heavy atom. The van der Waals surface area contributed by atoms with E-state index in [2.05, 4.69) is 48.0 Å². The molecule has 0 fully saturated rings. The van der Waals surface area contributed by atoms with Crippen molar-refractivity contribution < 1.29 is 0 Å². The highest BCUT2D eigenvalue weighted by Crippen LogP contribution is 2.32.